The minimum Gasteiger partial charge on any atom is -0.497 e. The fraction of sp³-hybridized carbons (Fsp3) is 0.125. The van der Waals surface area contributed by atoms with Crippen molar-refractivity contribution in [3.05, 3.63) is 71.2 Å². The van der Waals surface area contributed by atoms with Crippen molar-refractivity contribution in [1.29, 1.82) is 0 Å². The summed E-state index contributed by atoms with van der Waals surface area (Å²) in [4.78, 5) is 4.74. The Balaban J connectivity index is 1.75. The summed E-state index contributed by atoms with van der Waals surface area (Å²) in [5.74, 6) is 1.50. The van der Waals surface area contributed by atoms with Crippen molar-refractivity contribution in [2.45, 2.75) is 16.8 Å². The van der Waals surface area contributed by atoms with Crippen molar-refractivity contribution in [2.75, 3.05) is 19.5 Å². The number of ether oxygens (including phenoxy) is 2. The molecule has 0 aliphatic heterocycles. The van der Waals surface area contributed by atoms with Gasteiger partial charge < -0.3 is 14.8 Å². The van der Waals surface area contributed by atoms with Gasteiger partial charge >= 0.3 is 0 Å². The molecule has 1 N–H and O–H groups in total. The first-order valence-corrected chi connectivity index (χ1v) is 12.3. The van der Waals surface area contributed by atoms with Crippen LogP contribution in [0.15, 0.2) is 70.6 Å². The number of anilines is 2. The molecule has 0 aliphatic rings. The van der Waals surface area contributed by atoms with Gasteiger partial charge in [0.05, 0.1) is 30.3 Å². The molecule has 0 fully saturated rings. The van der Waals surface area contributed by atoms with E-state index in [1.54, 1.807) is 62.8 Å². The molecule has 178 valence electrons. The number of aryl methyl sites for hydroxylation is 1. The SMILES string of the molecule is COc1ccc(OC)c(Nc2nc3c(S(=O)(=O)c4ccc(C)cc4)nnn3c3ccc(Cl)cc23)c1. The zero-order valence-electron chi connectivity index (χ0n) is 19.0. The molecule has 5 rings (SSSR count). The summed E-state index contributed by atoms with van der Waals surface area (Å²) in [6.07, 6.45) is 0. The minimum atomic E-state index is -3.98. The molecule has 0 saturated carbocycles. The maximum absolute atomic E-state index is 13.4. The highest BCUT2D eigenvalue weighted by Crippen LogP contribution is 2.35. The van der Waals surface area contributed by atoms with Crippen molar-refractivity contribution >= 4 is 49.5 Å². The second-order valence-electron chi connectivity index (χ2n) is 7.76. The van der Waals surface area contributed by atoms with E-state index in [2.05, 4.69) is 20.6 Å². The Bertz CT molecular complexity index is 1680. The molecule has 0 radical (unpaired) electrons. The Hall–Kier alpha value is -3.89. The smallest absolute Gasteiger partial charge is 0.229 e. The van der Waals surface area contributed by atoms with Gasteiger partial charge in [0.15, 0.2) is 5.65 Å². The van der Waals surface area contributed by atoms with Crippen LogP contribution in [0, 0.1) is 6.92 Å². The lowest BCUT2D eigenvalue weighted by Crippen LogP contribution is -2.06. The number of halogens is 1. The largest absolute Gasteiger partial charge is 0.497 e. The van der Waals surface area contributed by atoms with Crippen LogP contribution in [0.2, 0.25) is 5.02 Å². The zero-order chi connectivity index (χ0) is 24.7. The molecule has 0 saturated heterocycles. The van der Waals surface area contributed by atoms with Gasteiger partial charge in [-0.3, -0.25) is 0 Å². The van der Waals surface area contributed by atoms with E-state index < -0.39 is 9.84 Å². The van der Waals surface area contributed by atoms with E-state index in [9.17, 15) is 8.42 Å². The maximum atomic E-state index is 13.4. The Labute approximate surface area is 206 Å². The Morgan fingerprint density at radius 3 is 2.46 bits per heavy atom. The third-order valence-electron chi connectivity index (χ3n) is 5.52. The lowest BCUT2D eigenvalue weighted by atomic mass is 10.2. The van der Waals surface area contributed by atoms with Crippen molar-refractivity contribution < 1.29 is 17.9 Å². The third-order valence-corrected chi connectivity index (χ3v) is 7.42. The van der Waals surface area contributed by atoms with Crippen LogP contribution in [0.5, 0.6) is 11.5 Å². The molecule has 0 atom stereocenters. The van der Waals surface area contributed by atoms with Crippen molar-refractivity contribution in [3.63, 3.8) is 0 Å². The molecule has 5 aromatic rings. The van der Waals surface area contributed by atoms with Gasteiger partial charge in [-0.1, -0.05) is 34.5 Å². The number of hydrogen-bond acceptors (Lipinski definition) is 8. The number of sulfone groups is 1. The highest BCUT2D eigenvalue weighted by molar-refractivity contribution is 7.91. The van der Waals surface area contributed by atoms with E-state index in [4.69, 9.17) is 21.1 Å². The van der Waals surface area contributed by atoms with E-state index in [-0.39, 0.29) is 15.6 Å². The summed E-state index contributed by atoms with van der Waals surface area (Å²) in [7, 11) is -0.876. The third kappa shape index (κ3) is 4.00. The van der Waals surface area contributed by atoms with E-state index in [1.165, 1.54) is 16.6 Å². The number of hydrogen-bond donors (Lipinski definition) is 1. The number of nitrogens with zero attached hydrogens (tertiary/aromatic N) is 4. The fourth-order valence-corrected chi connectivity index (χ4v) is 5.11. The molecule has 2 heterocycles. The lowest BCUT2D eigenvalue weighted by Gasteiger charge is -2.14. The first-order valence-electron chi connectivity index (χ1n) is 10.5. The molecule has 0 bridgehead atoms. The first-order chi connectivity index (χ1) is 16.8. The number of rotatable bonds is 6. The van der Waals surface area contributed by atoms with Gasteiger partial charge in [0.2, 0.25) is 14.9 Å². The van der Waals surface area contributed by atoms with Gasteiger partial charge in [-0.05, 0) is 49.4 Å². The maximum Gasteiger partial charge on any atom is 0.229 e. The number of aromatic nitrogens is 4. The van der Waals surface area contributed by atoms with Crippen LogP contribution in [0.1, 0.15) is 5.56 Å². The van der Waals surface area contributed by atoms with E-state index >= 15 is 0 Å². The predicted molar refractivity (Wildman–Crippen MR) is 133 cm³/mol. The molecule has 3 aromatic carbocycles. The van der Waals surface area contributed by atoms with Crippen LogP contribution in [-0.4, -0.2) is 42.4 Å². The summed E-state index contributed by atoms with van der Waals surface area (Å²) < 4.78 is 39.1. The van der Waals surface area contributed by atoms with Crippen molar-refractivity contribution in [1.82, 2.24) is 19.8 Å². The highest BCUT2D eigenvalue weighted by atomic mass is 35.5. The zero-order valence-corrected chi connectivity index (χ0v) is 20.6. The first kappa shape index (κ1) is 22.9. The Morgan fingerprint density at radius 2 is 1.74 bits per heavy atom. The van der Waals surface area contributed by atoms with E-state index in [0.717, 1.165) is 5.56 Å². The second-order valence-corrected chi connectivity index (χ2v) is 10.1. The second kappa shape index (κ2) is 8.71. The monoisotopic (exact) mass is 509 g/mol. The molecule has 0 spiro atoms. The average molecular weight is 510 g/mol. The summed E-state index contributed by atoms with van der Waals surface area (Å²) in [6, 6.07) is 16.9. The van der Waals surface area contributed by atoms with Gasteiger partial charge in [-0.15, -0.1) is 5.10 Å². The van der Waals surface area contributed by atoms with Crippen molar-refractivity contribution in [3.8, 4) is 11.5 Å². The topological polar surface area (TPSA) is 108 Å². The van der Waals surface area contributed by atoms with Gasteiger partial charge in [-0.2, -0.15) is 4.52 Å². The van der Waals surface area contributed by atoms with Crippen LogP contribution < -0.4 is 14.8 Å². The molecule has 0 amide bonds. The van der Waals surface area contributed by atoms with E-state index in [0.29, 0.717) is 38.9 Å². The summed E-state index contributed by atoms with van der Waals surface area (Å²) >= 11 is 6.28. The predicted octanol–water partition coefficient (Wildman–Crippen LogP) is 4.83. The normalized spacial score (nSPS) is 11.7. The Kier molecular flexibility index (Phi) is 5.70. The molecular weight excluding hydrogens is 490 g/mol. The molecule has 2 aromatic heterocycles. The van der Waals surface area contributed by atoms with Crippen LogP contribution in [0.3, 0.4) is 0 Å². The van der Waals surface area contributed by atoms with Gasteiger partial charge in [-0.25, -0.2) is 13.4 Å². The molecule has 35 heavy (non-hydrogen) atoms. The van der Waals surface area contributed by atoms with Crippen LogP contribution in [0.4, 0.5) is 11.5 Å². The molecule has 0 unspecified atom stereocenters. The van der Waals surface area contributed by atoms with Gasteiger partial charge in [0.25, 0.3) is 0 Å². The quantitative estimate of drug-likeness (QED) is 0.346. The van der Waals surface area contributed by atoms with Crippen molar-refractivity contribution in [2.24, 2.45) is 0 Å². The Morgan fingerprint density at radius 1 is 0.971 bits per heavy atom. The molecule has 0 aliphatic carbocycles. The summed E-state index contributed by atoms with van der Waals surface area (Å²) in [5.41, 5.74) is 2.16. The number of nitrogens with one attached hydrogen (secondary N) is 1. The standard InChI is InChI=1S/C24H20ClN5O4S/c1-14-4-8-17(9-5-14)35(31,32)24-23-27-22(26-19-13-16(33-2)7-11-21(19)34-3)18-12-15(25)6-10-20(18)30(23)29-28-24/h4-13H,1-3H3,(H,26,27). The lowest BCUT2D eigenvalue weighted by molar-refractivity contribution is 0.405. The van der Waals surface area contributed by atoms with Gasteiger partial charge in [0, 0.05) is 16.5 Å². The molecule has 9 nitrogen and oxygen atoms in total. The minimum absolute atomic E-state index is 0.0739. The van der Waals surface area contributed by atoms with Crippen LogP contribution in [-0.2, 0) is 9.84 Å². The molecule has 11 heteroatoms. The number of fused-ring (bicyclic) bond motifs is 3. The van der Waals surface area contributed by atoms with Gasteiger partial charge in [0.1, 0.15) is 17.3 Å². The number of benzene rings is 3. The summed E-state index contributed by atoms with van der Waals surface area (Å²) in [5, 5.41) is 12.2. The van der Waals surface area contributed by atoms with Crippen LogP contribution >= 0.6 is 11.6 Å². The highest BCUT2D eigenvalue weighted by Gasteiger charge is 2.27. The average Bonchev–Trinajstić information content (AvgIpc) is 3.29. The fourth-order valence-electron chi connectivity index (χ4n) is 3.71. The van der Waals surface area contributed by atoms with Crippen LogP contribution in [0.25, 0.3) is 16.6 Å². The molecular formula is C24H20ClN5O4S. The van der Waals surface area contributed by atoms with E-state index in [1.807, 2.05) is 6.92 Å². The number of methoxy groups -OCH3 is 2. The summed E-state index contributed by atoms with van der Waals surface area (Å²) in [6.45, 7) is 1.88.